The zero-order chi connectivity index (χ0) is 21.3. The highest BCUT2D eigenvalue weighted by molar-refractivity contribution is 5.35. The van der Waals surface area contributed by atoms with Gasteiger partial charge < -0.3 is 9.47 Å². The molecule has 0 bridgehead atoms. The van der Waals surface area contributed by atoms with Gasteiger partial charge in [-0.25, -0.2) is 0 Å². The van der Waals surface area contributed by atoms with Gasteiger partial charge in [-0.1, -0.05) is 65.2 Å². The SMILES string of the molecule is CCCC1CCC(COc2ccc(OCC3CCC(CCC)CC3)c(F)c2F)CC1. The second kappa shape index (κ2) is 11.9. The molecule has 2 aliphatic carbocycles. The highest BCUT2D eigenvalue weighted by Gasteiger charge is 2.24. The van der Waals surface area contributed by atoms with E-state index < -0.39 is 11.6 Å². The Bertz CT molecular complexity index is 577. The van der Waals surface area contributed by atoms with Gasteiger partial charge in [0.1, 0.15) is 0 Å². The van der Waals surface area contributed by atoms with E-state index in [1.54, 1.807) is 0 Å². The average Bonchev–Trinajstić information content (AvgIpc) is 2.76. The fourth-order valence-electron chi connectivity index (χ4n) is 5.34. The summed E-state index contributed by atoms with van der Waals surface area (Å²) in [6.45, 7) is 5.41. The highest BCUT2D eigenvalue weighted by Crippen LogP contribution is 2.35. The first kappa shape index (κ1) is 23.3. The minimum atomic E-state index is -0.918. The van der Waals surface area contributed by atoms with E-state index in [1.165, 1.54) is 63.5 Å². The molecule has 0 amide bonds. The normalized spacial score (nSPS) is 27.1. The maximum Gasteiger partial charge on any atom is 0.204 e. The molecule has 2 saturated carbocycles. The van der Waals surface area contributed by atoms with Crippen molar-refractivity contribution in [3.63, 3.8) is 0 Å². The summed E-state index contributed by atoms with van der Waals surface area (Å²) < 4.78 is 40.3. The molecule has 4 heteroatoms. The van der Waals surface area contributed by atoms with Crippen molar-refractivity contribution in [3.8, 4) is 11.5 Å². The van der Waals surface area contributed by atoms with Crippen LogP contribution in [0.25, 0.3) is 0 Å². The molecule has 0 aromatic heterocycles. The summed E-state index contributed by atoms with van der Waals surface area (Å²) in [5, 5.41) is 0. The van der Waals surface area contributed by atoms with Crippen LogP contribution in [-0.2, 0) is 0 Å². The van der Waals surface area contributed by atoms with E-state index >= 15 is 0 Å². The molecule has 0 saturated heterocycles. The third-order valence-corrected chi connectivity index (χ3v) is 7.29. The lowest BCUT2D eigenvalue weighted by molar-refractivity contribution is 0.167. The quantitative estimate of drug-likeness (QED) is 0.381. The number of hydrogen-bond acceptors (Lipinski definition) is 2. The van der Waals surface area contributed by atoms with Gasteiger partial charge in [0, 0.05) is 0 Å². The van der Waals surface area contributed by atoms with Crippen molar-refractivity contribution in [2.45, 2.75) is 90.9 Å². The van der Waals surface area contributed by atoms with Crippen molar-refractivity contribution in [3.05, 3.63) is 23.8 Å². The third kappa shape index (κ3) is 6.59. The van der Waals surface area contributed by atoms with Gasteiger partial charge in [-0.3, -0.25) is 0 Å². The van der Waals surface area contributed by atoms with Crippen LogP contribution in [0.5, 0.6) is 11.5 Å². The maximum absolute atomic E-state index is 14.5. The highest BCUT2D eigenvalue weighted by atomic mass is 19.2. The molecule has 0 unspecified atom stereocenters. The lowest BCUT2D eigenvalue weighted by Crippen LogP contribution is -2.21. The second-order valence-corrected chi connectivity index (χ2v) is 9.66. The van der Waals surface area contributed by atoms with Crippen LogP contribution >= 0.6 is 0 Å². The Morgan fingerprint density at radius 3 is 1.30 bits per heavy atom. The van der Waals surface area contributed by atoms with Crippen LogP contribution in [0.15, 0.2) is 12.1 Å². The summed E-state index contributed by atoms with van der Waals surface area (Å²) in [7, 11) is 0. The summed E-state index contributed by atoms with van der Waals surface area (Å²) in [4.78, 5) is 0. The summed E-state index contributed by atoms with van der Waals surface area (Å²) in [6.07, 6.45) is 14.5. The van der Waals surface area contributed by atoms with E-state index in [9.17, 15) is 8.78 Å². The van der Waals surface area contributed by atoms with Crippen molar-refractivity contribution in [1.82, 2.24) is 0 Å². The van der Waals surface area contributed by atoms with Crippen LogP contribution < -0.4 is 9.47 Å². The first-order valence-corrected chi connectivity index (χ1v) is 12.3. The fourth-order valence-corrected chi connectivity index (χ4v) is 5.34. The largest absolute Gasteiger partial charge is 0.490 e. The number of hydrogen-bond donors (Lipinski definition) is 0. The van der Waals surface area contributed by atoms with Gasteiger partial charge in [0.25, 0.3) is 0 Å². The predicted octanol–water partition coefficient (Wildman–Crippen LogP) is 7.94. The minimum Gasteiger partial charge on any atom is -0.490 e. The maximum atomic E-state index is 14.5. The van der Waals surface area contributed by atoms with Crippen LogP contribution in [0, 0.1) is 35.3 Å². The Labute approximate surface area is 181 Å². The molecule has 3 rings (SSSR count). The molecule has 0 heterocycles. The molecule has 30 heavy (non-hydrogen) atoms. The Hall–Kier alpha value is -1.32. The van der Waals surface area contributed by atoms with Crippen molar-refractivity contribution in [2.75, 3.05) is 13.2 Å². The lowest BCUT2D eigenvalue weighted by Gasteiger charge is -2.28. The fraction of sp³-hybridized carbons (Fsp3) is 0.769. The second-order valence-electron chi connectivity index (χ2n) is 9.66. The zero-order valence-corrected chi connectivity index (χ0v) is 18.9. The molecule has 2 aliphatic rings. The molecular formula is C26H40F2O2. The summed E-state index contributed by atoms with van der Waals surface area (Å²) in [5.41, 5.74) is 0. The van der Waals surface area contributed by atoms with Gasteiger partial charge >= 0.3 is 0 Å². The molecule has 0 atom stereocenters. The van der Waals surface area contributed by atoms with Crippen molar-refractivity contribution in [2.24, 2.45) is 23.7 Å². The first-order valence-electron chi connectivity index (χ1n) is 12.3. The lowest BCUT2D eigenvalue weighted by atomic mass is 9.80. The first-order chi connectivity index (χ1) is 14.6. The Morgan fingerprint density at radius 2 is 0.967 bits per heavy atom. The molecule has 0 radical (unpaired) electrons. The van der Waals surface area contributed by atoms with Crippen LogP contribution in [0.1, 0.15) is 90.9 Å². The molecule has 0 aliphatic heterocycles. The molecule has 2 nitrogen and oxygen atoms in total. The van der Waals surface area contributed by atoms with Crippen LogP contribution in [0.2, 0.25) is 0 Å². The zero-order valence-electron chi connectivity index (χ0n) is 18.9. The van der Waals surface area contributed by atoms with Gasteiger partial charge in [0.05, 0.1) is 13.2 Å². The van der Waals surface area contributed by atoms with E-state index in [-0.39, 0.29) is 11.5 Å². The number of halogens is 2. The van der Waals surface area contributed by atoms with Gasteiger partial charge in [0.2, 0.25) is 11.6 Å². The van der Waals surface area contributed by atoms with E-state index in [2.05, 4.69) is 13.8 Å². The number of benzene rings is 1. The van der Waals surface area contributed by atoms with Crippen LogP contribution in [0.4, 0.5) is 8.78 Å². The molecule has 1 aromatic rings. The van der Waals surface area contributed by atoms with Gasteiger partial charge in [-0.05, 0) is 61.5 Å². The molecular weight excluding hydrogens is 382 g/mol. The summed E-state index contributed by atoms with van der Waals surface area (Å²) >= 11 is 0. The smallest absolute Gasteiger partial charge is 0.204 e. The van der Waals surface area contributed by atoms with E-state index in [0.717, 1.165) is 37.5 Å². The molecule has 0 spiro atoms. The Balaban J connectivity index is 1.44. The van der Waals surface area contributed by atoms with Gasteiger partial charge in [0.15, 0.2) is 11.5 Å². The van der Waals surface area contributed by atoms with Crippen molar-refractivity contribution < 1.29 is 18.3 Å². The molecule has 1 aromatic carbocycles. The molecule has 170 valence electrons. The topological polar surface area (TPSA) is 18.5 Å². The standard InChI is InChI=1S/C26H40F2O2/c1-3-5-19-7-11-21(12-8-19)17-29-23-15-16-24(26(28)25(23)27)30-18-22-13-9-20(6-4-2)10-14-22/h15-16,19-22H,3-14,17-18H2,1-2H3. The molecule has 2 fully saturated rings. The van der Waals surface area contributed by atoms with Gasteiger partial charge in [-0.2, -0.15) is 8.78 Å². The van der Waals surface area contributed by atoms with E-state index in [1.807, 2.05) is 0 Å². The van der Waals surface area contributed by atoms with Crippen molar-refractivity contribution >= 4 is 0 Å². The average molecular weight is 423 g/mol. The Kier molecular flexibility index (Phi) is 9.27. The monoisotopic (exact) mass is 422 g/mol. The minimum absolute atomic E-state index is 0.00982. The van der Waals surface area contributed by atoms with E-state index in [4.69, 9.17) is 9.47 Å². The predicted molar refractivity (Wildman–Crippen MR) is 118 cm³/mol. The summed E-state index contributed by atoms with van der Waals surface area (Å²) in [5.74, 6) is 0.736. The van der Waals surface area contributed by atoms with Crippen molar-refractivity contribution in [1.29, 1.82) is 0 Å². The van der Waals surface area contributed by atoms with Crippen LogP contribution in [0.3, 0.4) is 0 Å². The van der Waals surface area contributed by atoms with Gasteiger partial charge in [-0.15, -0.1) is 0 Å². The number of ether oxygens (including phenoxy) is 2. The Morgan fingerprint density at radius 1 is 0.633 bits per heavy atom. The number of rotatable bonds is 10. The summed E-state index contributed by atoms with van der Waals surface area (Å²) in [6, 6.07) is 3.04. The van der Waals surface area contributed by atoms with E-state index in [0.29, 0.717) is 25.0 Å². The molecule has 0 N–H and O–H groups in total. The van der Waals surface area contributed by atoms with Crippen LogP contribution in [-0.4, -0.2) is 13.2 Å². The third-order valence-electron chi connectivity index (χ3n) is 7.29.